The van der Waals surface area contributed by atoms with Gasteiger partial charge in [0.05, 0.1) is 11.1 Å². The second-order valence-electron chi connectivity index (χ2n) is 8.23. The van der Waals surface area contributed by atoms with Crippen molar-refractivity contribution in [3.05, 3.63) is 45.8 Å². The topological polar surface area (TPSA) is 81.7 Å². The number of thioether (sulfide) groups is 1. The number of amides is 1. The summed E-state index contributed by atoms with van der Waals surface area (Å²) in [4.78, 5) is 22.9. The molecule has 0 radical (unpaired) electrons. The van der Waals surface area contributed by atoms with Crippen LogP contribution in [0.1, 0.15) is 38.7 Å². The van der Waals surface area contributed by atoms with Crippen molar-refractivity contribution in [2.45, 2.75) is 57.3 Å². The molecule has 1 saturated heterocycles. The van der Waals surface area contributed by atoms with Gasteiger partial charge in [0, 0.05) is 34.4 Å². The minimum Gasteiger partial charge on any atom is -0.470 e. The first-order chi connectivity index (χ1) is 15.3. The van der Waals surface area contributed by atoms with Gasteiger partial charge >= 0.3 is 0 Å². The molecule has 7 nitrogen and oxygen atoms in total. The second kappa shape index (κ2) is 11.5. The number of halogens is 1. The van der Waals surface area contributed by atoms with Gasteiger partial charge in [0.1, 0.15) is 5.75 Å². The molecule has 32 heavy (non-hydrogen) atoms. The molecule has 2 atom stereocenters. The Kier molecular flexibility index (Phi) is 9.04. The highest BCUT2D eigenvalue weighted by atomic mass is 127. The van der Waals surface area contributed by atoms with Crippen LogP contribution in [0, 0.1) is 10.5 Å². The average molecular weight is 571 g/mol. The van der Waals surface area contributed by atoms with E-state index in [4.69, 9.17) is 14.3 Å². The third-order valence-corrected chi connectivity index (χ3v) is 6.26. The summed E-state index contributed by atoms with van der Waals surface area (Å²) in [6.45, 7) is 6.53. The van der Waals surface area contributed by atoms with E-state index in [9.17, 15) is 4.79 Å². The lowest BCUT2D eigenvalue weighted by molar-refractivity contribution is -0.187. The number of rotatable bonds is 9. The fourth-order valence-corrected chi connectivity index (χ4v) is 4.31. The van der Waals surface area contributed by atoms with Gasteiger partial charge < -0.3 is 14.8 Å². The first-order valence-corrected chi connectivity index (χ1v) is 12.9. The maximum atomic E-state index is 12.9. The predicted octanol–water partition coefficient (Wildman–Crippen LogP) is 4.67. The van der Waals surface area contributed by atoms with E-state index in [1.165, 1.54) is 11.8 Å². The lowest BCUT2D eigenvalue weighted by Gasteiger charge is -2.26. The Bertz CT molecular complexity index is 964. The average Bonchev–Trinajstić information content (AvgIpc) is 2.75. The lowest BCUT2D eigenvalue weighted by Crippen LogP contribution is -2.47. The molecule has 0 aliphatic carbocycles. The van der Waals surface area contributed by atoms with Crippen molar-refractivity contribution in [3.8, 4) is 5.75 Å². The van der Waals surface area contributed by atoms with Crippen LogP contribution in [0.25, 0.3) is 10.9 Å². The highest BCUT2D eigenvalue weighted by Gasteiger charge is 2.25. The number of ether oxygens (including phenoxy) is 2. The maximum absolute atomic E-state index is 12.9. The van der Waals surface area contributed by atoms with Crippen LogP contribution in [-0.4, -0.2) is 41.0 Å². The molecular weight excluding hydrogens is 541 g/mol. The number of benzene rings is 1. The number of carbonyl (C=O) groups is 1. The summed E-state index contributed by atoms with van der Waals surface area (Å²) < 4.78 is 12.6. The highest BCUT2D eigenvalue weighted by molar-refractivity contribution is 14.1. The zero-order valence-electron chi connectivity index (χ0n) is 18.8. The van der Waals surface area contributed by atoms with E-state index < -0.39 is 11.0 Å². The van der Waals surface area contributed by atoms with Crippen LogP contribution >= 0.6 is 34.4 Å². The van der Waals surface area contributed by atoms with Crippen LogP contribution in [0.3, 0.4) is 0 Å². The summed E-state index contributed by atoms with van der Waals surface area (Å²) in [5.74, 6) is 0.436. The van der Waals surface area contributed by atoms with Gasteiger partial charge in [-0.2, -0.15) is 0 Å². The van der Waals surface area contributed by atoms with Crippen LogP contribution < -0.4 is 15.5 Å². The molecule has 174 valence electrons. The number of hydrogen-bond acceptors (Lipinski definition) is 7. The number of fused-ring (bicyclic) bond motifs is 1. The van der Waals surface area contributed by atoms with Crippen LogP contribution in [0.15, 0.2) is 36.7 Å². The molecule has 2 unspecified atom stereocenters. The van der Waals surface area contributed by atoms with Gasteiger partial charge in [0.2, 0.25) is 5.44 Å². The summed E-state index contributed by atoms with van der Waals surface area (Å²) in [5.41, 5.74) is 3.45. The van der Waals surface area contributed by atoms with Crippen LogP contribution in [-0.2, 0) is 14.4 Å². The first kappa shape index (κ1) is 25.1. The van der Waals surface area contributed by atoms with Gasteiger partial charge in [-0.05, 0) is 92.3 Å². The quantitative estimate of drug-likeness (QED) is 0.257. The molecule has 1 amide bonds. The molecular formula is C23H30IN3O4S. The molecule has 1 aliphatic heterocycles. The maximum Gasteiger partial charge on any atom is 0.272 e. The molecule has 2 heterocycles. The Labute approximate surface area is 207 Å². The molecule has 1 aromatic carbocycles. The summed E-state index contributed by atoms with van der Waals surface area (Å²) in [7, 11) is 0. The lowest BCUT2D eigenvalue weighted by atomic mass is 10.1. The minimum absolute atomic E-state index is 0.206. The van der Waals surface area contributed by atoms with Gasteiger partial charge in [0.25, 0.3) is 5.91 Å². The summed E-state index contributed by atoms with van der Waals surface area (Å²) in [6.07, 6.45) is 10.0. The van der Waals surface area contributed by atoms with E-state index in [0.717, 1.165) is 45.9 Å². The van der Waals surface area contributed by atoms with E-state index in [-0.39, 0.29) is 12.2 Å². The summed E-state index contributed by atoms with van der Waals surface area (Å²) in [5, 5.41) is 4.00. The van der Waals surface area contributed by atoms with E-state index in [0.29, 0.717) is 5.75 Å². The molecule has 1 aromatic heterocycles. The number of nitrogens with one attached hydrogen (secondary N) is 2. The standard InChI is InChI=1S/C23H30IN3O4S/c1-15-11-18(13-16-12-17(24)14-25-20(15)16)30-22(32-4)21(28)27-23(2,3)8-9-26-31-19-7-5-6-10-29-19/h8-9,11-14,19,22,26H,5-7,10H2,1-4H3,(H,27,28). The third-order valence-electron chi connectivity index (χ3n) is 4.94. The Morgan fingerprint density at radius 2 is 2.19 bits per heavy atom. The highest BCUT2D eigenvalue weighted by Crippen LogP contribution is 2.27. The monoisotopic (exact) mass is 571 g/mol. The van der Waals surface area contributed by atoms with E-state index in [1.807, 2.05) is 51.4 Å². The van der Waals surface area contributed by atoms with Gasteiger partial charge in [-0.1, -0.05) is 0 Å². The zero-order chi connectivity index (χ0) is 23.1. The molecule has 0 saturated carbocycles. The van der Waals surface area contributed by atoms with Crippen molar-refractivity contribution < 1.29 is 19.1 Å². The number of pyridine rings is 1. The van der Waals surface area contributed by atoms with E-state index >= 15 is 0 Å². The largest absolute Gasteiger partial charge is 0.470 e. The van der Waals surface area contributed by atoms with Crippen LogP contribution in [0.2, 0.25) is 0 Å². The number of aromatic nitrogens is 1. The molecule has 9 heteroatoms. The number of hydroxylamine groups is 1. The normalized spacial score (nSPS) is 18.0. The van der Waals surface area contributed by atoms with Crippen molar-refractivity contribution in [1.29, 1.82) is 0 Å². The molecule has 0 bridgehead atoms. The summed E-state index contributed by atoms with van der Waals surface area (Å²) in [6, 6.07) is 5.89. The smallest absolute Gasteiger partial charge is 0.272 e. The van der Waals surface area contributed by atoms with Crippen molar-refractivity contribution >= 4 is 51.2 Å². The van der Waals surface area contributed by atoms with E-state index in [1.54, 1.807) is 6.20 Å². The molecule has 1 aliphatic rings. The fourth-order valence-electron chi connectivity index (χ4n) is 3.35. The molecule has 1 fully saturated rings. The van der Waals surface area contributed by atoms with Crippen LogP contribution in [0.5, 0.6) is 5.75 Å². The van der Waals surface area contributed by atoms with Crippen molar-refractivity contribution in [3.63, 3.8) is 0 Å². The van der Waals surface area contributed by atoms with Gasteiger partial charge in [-0.25, -0.2) is 4.84 Å². The Hall–Kier alpha value is -1.56. The number of nitrogens with zero attached hydrogens (tertiary/aromatic N) is 1. The SMILES string of the molecule is CSC(Oc1cc(C)c2ncc(I)cc2c1)C(=O)NC(C)(C)C=CNOC1CCCCO1. The van der Waals surface area contributed by atoms with Crippen molar-refractivity contribution in [2.24, 2.45) is 0 Å². The first-order valence-electron chi connectivity index (χ1n) is 10.6. The molecule has 2 N–H and O–H groups in total. The Morgan fingerprint density at radius 3 is 2.91 bits per heavy atom. The second-order valence-corrected chi connectivity index (χ2v) is 10.4. The Balaban J connectivity index is 1.58. The third kappa shape index (κ3) is 7.23. The fraction of sp³-hybridized carbons (Fsp3) is 0.478. The molecule has 3 rings (SSSR count). The van der Waals surface area contributed by atoms with Gasteiger partial charge in [-0.3, -0.25) is 15.3 Å². The van der Waals surface area contributed by atoms with Gasteiger partial charge in [0.15, 0.2) is 6.29 Å². The minimum atomic E-state index is -0.685. The number of aryl methyl sites for hydroxylation is 1. The molecule has 0 spiro atoms. The summed E-state index contributed by atoms with van der Waals surface area (Å²) >= 11 is 3.58. The number of hydrogen-bond donors (Lipinski definition) is 2. The van der Waals surface area contributed by atoms with Crippen LogP contribution in [0.4, 0.5) is 0 Å². The Morgan fingerprint density at radius 1 is 1.38 bits per heavy atom. The van der Waals surface area contributed by atoms with Gasteiger partial charge in [-0.15, -0.1) is 11.8 Å². The predicted molar refractivity (Wildman–Crippen MR) is 136 cm³/mol. The van der Waals surface area contributed by atoms with Crippen molar-refractivity contribution in [1.82, 2.24) is 15.8 Å². The molecule has 2 aromatic rings. The number of carbonyl (C=O) groups excluding carboxylic acids is 1. The van der Waals surface area contributed by atoms with E-state index in [2.05, 4.69) is 44.4 Å². The van der Waals surface area contributed by atoms with Crippen molar-refractivity contribution in [2.75, 3.05) is 12.9 Å². The zero-order valence-corrected chi connectivity index (χ0v) is 21.8.